The first kappa shape index (κ1) is 20.9. The van der Waals surface area contributed by atoms with Gasteiger partial charge in [-0.3, -0.25) is 35.9 Å². The topological polar surface area (TPSA) is 160 Å². The molecule has 1 aliphatic rings. The number of nitro benzene ring substituents is 1. The van der Waals surface area contributed by atoms with Gasteiger partial charge in [0.2, 0.25) is 11.6 Å². The molecule has 158 valence electrons. The van der Waals surface area contributed by atoms with E-state index in [1.165, 1.54) is 24.3 Å². The van der Waals surface area contributed by atoms with Gasteiger partial charge in [-0.1, -0.05) is 19.1 Å². The Morgan fingerprint density at radius 1 is 1.10 bits per heavy atom. The Morgan fingerprint density at radius 3 is 2.43 bits per heavy atom. The minimum absolute atomic E-state index is 0.146. The van der Waals surface area contributed by atoms with E-state index in [2.05, 4.69) is 25.7 Å². The molecule has 1 aliphatic heterocycles. The molecule has 2 N–H and O–H groups in total. The fraction of sp³-hybridized carbons (Fsp3) is 0.353. The van der Waals surface area contributed by atoms with Crippen LogP contribution in [-0.2, 0) is 0 Å². The summed E-state index contributed by atoms with van der Waals surface area (Å²) in [7, 11) is 0. The van der Waals surface area contributed by atoms with Crippen LogP contribution in [0.1, 0.15) is 17.3 Å². The number of hydrogen-bond acceptors (Lipinski definition) is 10. The maximum absolute atomic E-state index is 12.4. The minimum Gasteiger partial charge on any atom is -0.348 e. The maximum Gasteiger partial charge on any atom is 0.355 e. The smallest absolute Gasteiger partial charge is 0.348 e. The van der Waals surface area contributed by atoms with Crippen LogP contribution in [0, 0.1) is 20.2 Å². The van der Waals surface area contributed by atoms with Crippen molar-refractivity contribution in [3.05, 3.63) is 56.4 Å². The van der Waals surface area contributed by atoms with Crippen molar-refractivity contribution in [2.45, 2.75) is 6.92 Å². The quantitative estimate of drug-likeness (QED) is 0.495. The predicted octanol–water partition coefficient (Wildman–Crippen LogP) is 1.19. The maximum atomic E-state index is 12.4. The van der Waals surface area contributed by atoms with Crippen LogP contribution < -0.4 is 15.8 Å². The highest BCUT2D eigenvalue weighted by molar-refractivity contribution is 5.98. The number of hydrazine groups is 1. The Labute approximate surface area is 171 Å². The van der Waals surface area contributed by atoms with Crippen LogP contribution in [0.3, 0.4) is 0 Å². The molecule has 0 bridgehead atoms. The Morgan fingerprint density at radius 2 is 1.80 bits per heavy atom. The average molecular weight is 416 g/mol. The van der Waals surface area contributed by atoms with Gasteiger partial charge in [0.05, 0.1) is 9.85 Å². The van der Waals surface area contributed by atoms with Gasteiger partial charge in [-0.25, -0.2) is 9.97 Å². The second-order valence-electron chi connectivity index (χ2n) is 6.43. The molecule has 1 aromatic heterocycles. The van der Waals surface area contributed by atoms with Crippen molar-refractivity contribution in [3.63, 3.8) is 0 Å². The van der Waals surface area contributed by atoms with E-state index in [-0.39, 0.29) is 28.6 Å². The third kappa shape index (κ3) is 4.41. The molecule has 1 fully saturated rings. The summed E-state index contributed by atoms with van der Waals surface area (Å²) in [5.74, 6) is -0.892. The molecule has 0 aliphatic carbocycles. The van der Waals surface area contributed by atoms with Gasteiger partial charge in [0, 0.05) is 32.2 Å². The molecule has 0 spiro atoms. The van der Waals surface area contributed by atoms with Crippen molar-refractivity contribution in [1.82, 2.24) is 20.3 Å². The van der Waals surface area contributed by atoms with Crippen molar-refractivity contribution in [3.8, 4) is 0 Å². The summed E-state index contributed by atoms with van der Waals surface area (Å²) in [5, 5.41) is 22.8. The summed E-state index contributed by atoms with van der Waals surface area (Å²) >= 11 is 0. The molecule has 3 rings (SSSR count). The Kier molecular flexibility index (Phi) is 6.32. The molecule has 1 amide bonds. The number of anilines is 2. The molecule has 2 aromatic rings. The van der Waals surface area contributed by atoms with E-state index in [4.69, 9.17) is 0 Å². The number of nitrogens with one attached hydrogen (secondary N) is 2. The predicted molar refractivity (Wildman–Crippen MR) is 107 cm³/mol. The number of nitro groups is 2. The van der Waals surface area contributed by atoms with E-state index < -0.39 is 15.8 Å². The highest BCUT2D eigenvalue weighted by Crippen LogP contribution is 2.32. The number of likely N-dealkylation sites (N-methyl/N-ethyl adjacent to an activating group) is 1. The van der Waals surface area contributed by atoms with Crippen LogP contribution in [0.4, 0.5) is 23.0 Å². The molecule has 0 atom stereocenters. The lowest BCUT2D eigenvalue weighted by Crippen LogP contribution is -2.46. The van der Waals surface area contributed by atoms with E-state index in [1.807, 2.05) is 6.92 Å². The fourth-order valence-electron chi connectivity index (χ4n) is 3.14. The van der Waals surface area contributed by atoms with Gasteiger partial charge in [-0.15, -0.1) is 0 Å². The molecule has 0 saturated carbocycles. The standard InChI is InChI=1S/C17H20N8O5/c1-2-22-7-9-23(10-8-22)16-14(25(29)30)15(18-11-19-16)20-21-17(26)12-5-3-4-6-13(12)24(27)28/h3-6,11H,2,7-10H2,1H3,(H,21,26)(H,18,19,20). The van der Waals surface area contributed by atoms with Crippen molar-refractivity contribution in [2.75, 3.05) is 43.0 Å². The first-order chi connectivity index (χ1) is 14.4. The summed E-state index contributed by atoms with van der Waals surface area (Å²) in [4.78, 5) is 45.8. The number of carbonyl (C=O) groups is 1. The number of para-hydroxylation sites is 1. The van der Waals surface area contributed by atoms with Crippen molar-refractivity contribution in [2.24, 2.45) is 0 Å². The Balaban J connectivity index is 1.81. The average Bonchev–Trinajstić information content (AvgIpc) is 2.77. The molecular weight excluding hydrogens is 396 g/mol. The lowest BCUT2D eigenvalue weighted by atomic mass is 10.2. The van der Waals surface area contributed by atoms with Crippen LogP contribution in [-0.4, -0.2) is 63.3 Å². The molecule has 1 saturated heterocycles. The highest BCUT2D eigenvalue weighted by atomic mass is 16.6. The lowest BCUT2D eigenvalue weighted by molar-refractivity contribution is -0.385. The second kappa shape index (κ2) is 9.09. The van der Waals surface area contributed by atoms with E-state index >= 15 is 0 Å². The first-order valence-electron chi connectivity index (χ1n) is 9.18. The monoisotopic (exact) mass is 416 g/mol. The summed E-state index contributed by atoms with van der Waals surface area (Å²) in [6.07, 6.45) is 1.16. The molecule has 30 heavy (non-hydrogen) atoms. The number of hydrogen-bond donors (Lipinski definition) is 2. The molecule has 13 nitrogen and oxygen atoms in total. The van der Waals surface area contributed by atoms with Crippen LogP contribution in [0.15, 0.2) is 30.6 Å². The third-order valence-corrected chi connectivity index (χ3v) is 4.74. The van der Waals surface area contributed by atoms with Crippen LogP contribution >= 0.6 is 0 Å². The molecular formula is C17H20N8O5. The van der Waals surface area contributed by atoms with Gasteiger partial charge < -0.3 is 9.80 Å². The number of nitrogens with zero attached hydrogens (tertiary/aromatic N) is 6. The van der Waals surface area contributed by atoms with Gasteiger partial charge in [0.15, 0.2) is 0 Å². The third-order valence-electron chi connectivity index (χ3n) is 4.74. The number of carbonyl (C=O) groups excluding carboxylic acids is 1. The van der Waals surface area contributed by atoms with E-state index in [0.717, 1.165) is 26.0 Å². The normalized spacial score (nSPS) is 14.2. The number of benzene rings is 1. The lowest BCUT2D eigenvalue weighted by Gasteiger charge is -2.34. The Hall–Kier alpha value is -3.87. The molecule has 0 unspecified atom stereocenters. The number of aromatic nitrogens is 2. The van der Waals surface area contributed by atoms with Gasteiger partial charge >= 0.3 is 5.69 Å². The van der Waals surface area contributed by atoms with E-state index in [1.54, 1.807) is 4.90 Å². The van der Waals surface area contributed by atoms with Crippen LogP contribution in [0.25, 0.3) is 0 Å². The van der Waals surface area contributed by atoms with E-state index in [9.17, 15) is 25.0 Å². The summed E-state index contributed by atoms with van der Waals surface area (Å²) < 4.78 is 0. The van der Waals surface area contributed by atoms with Crippen molar-refractivity contribution < 1.29 is 14.6 Å². The van der Waals surface area contributed by atoms with Gasteiger partial charge in [0.1, 0.15) is 11.9 Å². The van der Waals surface area contributed by atoms with Crippen LogP contribution in [0.2, 0.25) is 0 Å². The zero-order valence-corrected chi connectivity index (χ0v) is 16.1. The molecule has 0 radical (unpaired) electrons. The number of rotatable bonds is 7. The molecule has 13 heteroatoms. The summed E-state index contributed by atoms with van der Waals surface area (Å²) in [6.45, 7) is 5.56. The molecule has 2 heterocycles. The first-order valence-corrected chi connectivity index (χ1v) is 9.18. The van der Waals surface area contributed by atoms with Crippen LogP contribution in [0.5, 0.6) is 0 Å². The fourth-order valence-corrected chi connectivity index (χ4v) is 3.14. The highest BCUT2D eigenvalue weighted by Gasteiger charge is 2.29. The van der Waals surface area contributed by atoms with E-state index in [0.29, 0.717) is 13.1 Å². The second-order valence-corrected chi connectivity index (χ2v) is 6.43. The van der Waals surface area contributed by atoms with Crippen molar-refractivity contribution in [1.29, 1.82) is 0 Å². The van der Waals surface area contributed by atoms with Gasteiger partial charge in [0.25, 0.3) is 11.6 Å². The largest absolute Gasteiger partial charge is 0.355 e. The molecule has 1 aromatic carbocycles. The zero-order chi connectivity index (χ0) is 21.7. The SMILES string of the molecule is CCN1CCN(c2ncnc(NNC(=O)c3ccccc3[N+](=O)[O-])c2[N+](=O)[O-])CC1. The van der Waals surface area contributed by atoms with Gasteiger partial charge in [-0.2, -0.15) is 0 Å². The summed E-state index contributed by atoms with van der Waals surface area (Å²) in [5.41, 5.74) is 3.68. The number of piperazine rings is 1. The Bertz CT molecular complexity index is 961. The van der Waals surface area contributed by atoms with Gasteiger partial charge in [-0.05, 0) is 12.6 Å². The van der Waals surface area contributed by atoms with Crippen molar-refractivity contribution >= 4 is 28.9 Å². The zero-order valence-electron chi connectivity index (χ0n) is 16.1. The summed E-state index contributed by atoms with van der Waals surface area (Å²) in [6, 6.07) is 5.38. The number of amides is 1. The minimum atomic E-state index is -0.826.